The van der Waals surface area contributed by atoms with Crippen LogP contribution in [-0.4, -0.2) is 30.0 Å². The minimum Gasteiger partial charge on any atom is -0.452 e. The highest BCUT2D eigenvalue weighted by Gasteiger charge is 2.11. The molecule has 1 aromatic heterocycles. The van der Waals surface area contributed by atoms with E-state index < -0.39 is 5.97 Å². The van der Waals surface area contributed by atoms with Gasteiger partial charge in [0.2, 0.25) is 0 Å². The van der Waals surface area contributed by atoms with Crippen LogP contribution in [0, 0.1) is 0 Å². The zero-order chi connectivity index (χ0) is 17.6. The average Bonchev–Trinajstić information content (AvgIpc) is 3.07. The molecular formula is C18H15ClN2O3S. The van der Waals surface area contributed by atoms with Crippen LogP contribution in [-0.2, 0) is 16.0 Å². The quantitative estimate of drug-likeness (QED) is 0.671. The van der Waals surface area contributed by atoms with Crippen molar-refractivity contribution in [2.45, 2.75) is 6.42 Å². The Kier molecular flexibility index (Phi) is 5.63. The molecule has 0 radical (unpaired) electrons. The highest BCUT2D eigenvalue weighted by molar-refractivity contribution is 7.16. The Morgan fingerprint density at radius 2 is 2.08 bits per heavy atom. The molecule has 1 amide bonds. The van der Waals surface area contributed by atoms with Gasteiger partial charge in [-0.05, 0) is 42.3 Å². The molecule has 0 spiro atoms. The van der Waals surface area contributed by atoms with E-state index >= 15 is 0 Å². The van der Waals surface area contributed by atoms with Gasteiger partial charge in [0.05, 0.1) is 21.3 Å². The van der Waals surface area contributed by atoms with Gasteiger partial charge in [-0.25, -0.2) is 9.78 Å². The molecule has 0 atom stereocenters. The van der Waals surface area contributed by atoms with Crippen LogP contribution in [0.4, 0.5) is 0 Å². The predicted molar refractivity (Wildman–Crippen MR) is 98.1 cm³/mol. The van der Waals surface area contributed by atoms with E-state index in [-0.39, 0.29) is 12.5 Å². The third kappa shape index (κ3) is 4.78. The number of carbonyl (C=O) groups is 2. The number of rotatable bonds is 6. The van der Waals surface area contributed by atoms with Crippen molar-refractivity contribution in [3.05, 3.63) is 64.1 Å². The highest BCUT2D eigenvalue weighted by Crippen LogP contribution is 2.19. The number of thiazole rings is 1. The van der Waals surface area contributed by atoms with Crippen LogP contribution in [0.3, 0.4) is 0 Å². The van der Waals surface area contributed by atoms with E-state index in [9.17, 15) is 9.59 Å². The number of hydrogen-bond donors (Lipinski definition) is 1. The summed E-state index contributed by atoms with van der Waals surface area (Å²) in [5, 5.41) is 3.38. The Hall–Kier alpha value is -2.44. The molecule has 0 saturated heterocycles. The van der Waals surface area contributed by atoms with Crippen molar-refractivity contribution in [3.8, 4) is 0 Å². The van der Waals surface area contributed by atoms with Crippen LogP contribution < -0.4 is 5.32 Å². The van der Waals surface area contributed by atoms with E-state index in [1.54, 1.807) is 29.8 Å². The summed E-state index contributed by atoms with van der Waals surface area (Å²) in [6, 6.07) is 12.6. The molecule has 0 bridgehead atoms. The van der Waals surface area contributed by atoms with Gasteiger partial charge in [-0.3, -0.25) is 4.79 Å². The van der Waals surface area contributed by atoms with Crippen molar-refractivity contribution in [3.63, 3.8) is 0 Å². The molecule has 3 rings (SSSR count). The van der Waals surface area contributed by atoms with Crippen LogP contribution in [0.15, 0.2) is 48.0 Å². The fourth-order valence-corrected chi connectivity index (χ4v) is 3.22. The predicted octanol–water partition coefficient (Wildman–Crippen LogP) is 3.47. The number of halogens is 1. The molecule has 5 nitrogen and oxygen atoms in total. The van der Waals surface area contributed by atoms with Crippen LogP contribution in [0.5, 0.6) is 0 Å². The minimum atomic E-state index is -0.528. The van der Waals surface area contributed by atoms with Gasteiger partial charge in [0.15, 0.2) is 6.61 Å². The van der Waals surface area contributed by atoms with Gasteiger partial charge >= 0.3 is 5.97 Å². The lowest BCUT2D eigenvalue weighted by atomic mass is 10.1. The van der Waals surface area contributed by atoms with E-state index in [1.807, 2.05) is 18.2 Å². The second kappa shape index (κ2) is 8.09. The highest BCUT2D eigenvalue weighted by atomic mass is 35.5. The Balaban J connectivity index is 1.44. The Bertz CT molecular complexity index is 910. The standard InChI is InChI=1S/C18H15ClN2O3S/c19-14-3-1-2-12(8-14)6-7-20-17(22)10-24-18(23)13-4-5-15-16(9-13)25-11-21-15/h1-5,8-9,11H,6-7,10H2,(H,20,22). The van der Waals surface area contributed by atoms with Gasteiger partial charge in [-0.2, -0.15) is 0 Å². The second-order valence-corrected chi connectivity index (χ2v) is 6.66. The van der Waals surface area contributed by atoms with E-state index in [1.165, 1.54) is 11.3 Å². The van der Waals surface area contributed by atoms with Crippen molar-refractivity contribution in [2.24, 2.45) is 0 Å². The number of aromatic nitrogens is 1. The van der Waals surface area contributed by atoms with Gasteiger partial charge in [0.1, 0.15) is 0 Å². The summed E-state index contributed by atoms with van der Waals surface area (Å²) >= 11 is 7.36. The number of amides is 1. The molecule has 0 aliphatic rings. The first-order valence-corrected chi connectivity index (χ1v) is 8.89. The number of nitrogens with one attached hydrogen (secondary N) is 1. The summed E-state index contributed by atoms with van der Waals surface area (Å²) in [7, 11) is 0. The molecule has 2 aromatic carbocycles. The van der Waals surface area contributed by atoms with Crippen LogP contribution >= 0.6 is 22.9 Å². The van der Waals surface area contributed by atoms with E-state index in [2.05, 4.69) is 10.3 Å². The fraction of sp³-hybridized carbons (Fsp3) is 0.167. The van der Waals surface area contributed by atoms with Crippen molar-refractivity contribution in [1.29, 1.82) is 0 Å². The summed E-state index contributed by atoms with van der Waals surface area (Å²) < 4.78 is 5.95. The second-order valence-electron chi connectivity index (χ2n) is 5.34. The first kappa shape index (κ1) is 17.4. The van der Waals surface area contributed by atoms with Crippen LogP contribution in [0.25, 0.3) is 10.2 Å². The zero-order valence-electron chi connectivity index (χ0n) is 13.2. The lowest BCUT2D eigenvalue weighted by Crippen LogP contribution is -2.30. The average molecular weight is 375 g/mol. The van der Waals surface area contributed by atoms with Crippen molar-refractivity contribution in [1.82, 2.24) is 10.3 Å². The van der Waals surface area contributed by atoms with Gasteiger partial charge in [0.25, 0.3) is 5.91 Å². The summed E-state index contributed by atoms with van der Waals surface area (Å²) in [4.78, 5) is 28.0. The first-order valence-electron chi connectivity index (χ1n) is 7.63. The molecule has 128 valence electrons. The molecule has 25 heavy (non-hydrogen) atoms. The van der Waals surface area contributed by atoms with Crippen molar-refractivity contribution >= 4 is 45.0 Å². The number of ether oxygens (including phenoxy) is 1. The van der Waals surface area contributed by atoms with Gasteiger partial charge < -0.3 is 10.1 Å². The maximum atomic E-state index is 12.0. The smallest absolute Gasteiger partial charge is 0.338 e. The van der Waals surface area contributed by atoms with Crippen LogP contribution in [0.2, 0.25) is 5.02 Å². The zero-order valence-corrected chi connectivity index (χ0v) is 14.8. The minimum absolute atomic E-state index is 0.310. The third-order valence-electron chi connectivity index (χ3n) is 3.53. The van der Waals surface area contributed by atoms with Gasteiger partial charge in [-0.1, -0.05) is 23.7 Å². The molecule has 7 heteroatoms. The fourth-order valence-electron chi connectivity index (χ4n) is 2.29. The van der Waals surface area contributed by atoms with Crippen LogP contribution in [0.1, 0.15) is 15.9 Å². The van der Waals surface area contributed by atoms with Crippen molar-refractivity contribution < 1.29 is 14.3 Å². The number of benzene rings is 2. The lowest BCUT2D eigenvalue weighted by Gasteiger charge is -2.07. The van der Waals surface area contributed by atoms with Gasteiger partial charge in [-0.15, -0.1) is 11.3 Å². The summed E-state index contributed by atoms with van der Waals surface area (Å²) in [5.41, 5.74) is 3.99. The SMILES string of the molecule is O=C(COC(=O)c1ccc2ncsc2c1)NCCc1cccc(Cl)c1. The maximum absolute atomic E-state index is 12.0. The van der Waals surface area contributed by atoms with E-state index in [0.717, 1.165) is 15.8 Å². The van der Waals surface area contributed by atoms with Gasteiger partial charge in [0, 0.05) is 11.6 Å². The number of esters is 1. The van der Waals surface area contributed by atoms with E-state index in [0.29, 0.717) is 23.6 Å². The summed E-state index contributed by atoms with van der Waals surface area (Å²) in [6.45, 7) is 0.138. The largest absolute Gasteiger partial charge is 0.452 e. The normalized spacial score (nSPS) is 10.6. The maximum Gasteiger partial charge on any atom is 0.338 e. The molecule has 0 unspecified atom stereocenters. The Labute approximate surface area is 153 Å². The number of hydrogen-bond acceptors (Lipinski definition) is 5. The summed E-state index contributed by atoms with van der Waals surface area (Å²) in [5.74, 6) is -0.866. The molecule has 0 aliphatic carbocycles. The number of carbonyl (C=O) groups excluding carboxylic acids is 2. The molecule has 1 N–H and O–H groups in total. The monoisotopic (exact) mass is 374 g/mol. The molecule has 1 heterocycles. The summed E-state index contributed by atoms with van der Waals surface area (Å²) in [6.07, 6.45) is 0.655. The number of fused-ring (bicyclic) bond motifs is 1. The van der Waals surface area contributed by atoms with Crippen molar-refractivity contribution in [2.75, 3.05) is 13.2 Å². The molecule has 0 saturated carbocycles. The molecule has 3 aromatic rings. The Morgan fingerprint density at radius 1 is 1.20 bits per heavy atom. The lowest BCUT2D eigenvalue weighted by molar-refractivity contribution is -0.124. The first-order chi connectivity index (χ1) is 12.1. The third-order valence-corrected chi connectivity index (χ3v) is 4.55. The number of nitrogens with zero attached hydrogens (tertiary/aromatic N) is 1. The topological polar surface area (TPSA) is 68.3 Å². The Morgan fingerprint density at radius 3 is 2.92 bits per heavy atom. The molecular weight excluding hydrogens is 360 g/mol. The molecule has 0 aliphatic heterocycles. The van der Waals surface area contributed by atoms with E-state index in [4.69, 9.17) is 16.3 Å². The molecule has 0 fully saturated rings.